The molecular formula is C22H16N2O5. The summed E-state index contributed by atoms with van der Waals surface area (Å²) < 4.78 is 9.99. The Labute approximate surface area is 164 Å². The summed E-state index contributed by atoms with van der Waals surface area (Å²) >= 11 is 0. The van der Waals surface area contributed by atoms with Gasteiger partial charge < -0.3 is 19.8 Å². The van der Waals surface area contributed by atoms with Crippen molar-refractivity contribution in [3.05, 3.63) is 82.7 Å². The number of hydrogen-bond acceptors (Lipinski definition) is 5. The number of hydrogen-bond donors (Lipinski definition) is 2. The van der Waals surface area contributed by atoms with Crippen molar-refractivity contribution in [2.75, 3.05) is 17.7 Å². The van der Waals surface area contributed by atoms with Gasteiger partial charge in [0.05, 0.1) is 18.1 Å². The SMILES string of the molecule is COC(=O)c1ccc(NC(=O)Nc2ccc3oc(=O)c4ccccc4c3c2)cc1. The molecule has 4 aromatic rings. The van der Waals surface area contributed by atoms with Crippen LogP contribution >= 0.6 is 0 Å². The van der Waals surface area contributed by atoms with Crippen molar-refractivity contribution in [3.8, 4) is 0 Å². The lowest BCUT2D eigenvalue weighted by molar-refractivity contribution is 0.0600. The zero-order valence-corrected chi connectivity index (χ0v) is 15.4. The van der Waals surface area contributed by atoms with E-state index >= 15 is 0 Å². The minimum absolute atomic E-state index is 0.390. The number of methoxy groups -OCH3 is 1. The van der Waals surface area contributed by atoms with E-state index in [4.69, 9.17) is 4.42 Å². The third-order valence-corrected chi connectivity index (χ3v) is 4.44. The van der Waals surface area contributed by atoms with Gasteiger partial charge in [0.2, 0.25) is 0 Å². The molecule has 0 unspecified atom stereocenters. The number of ether oxygens (including phenoxy) is 1. The van der Waals surface area contributed by atoms with Crippen molar-refractivity contribution in [1.82, 2.24) is 0 Å². The average molecular weight is 388 g/mol. The van der Waals surface area contributed by atoms with E-state index in [1.54, 1.807) is 54.6 Å². The largest absolute Gasteiger partial charge is 0.465 e. The van der Waals surface area contributed by atoms with E-state index in [1.807, 2.05) is 12.1 Å². The zero-order valence-electron chi connectivity index (χ0n) is 15.4. The lowest BCUT2D eigenvalue weighted by Gasteiger charge is -2.09. The van der Waals surface area contributed by atoms with Crippen LogP contribution in [0.15, 0.2) is 75.9 Å². The van der Waals surface area contributed by atoms with Crippen LogP contribution in [0.2, 0.25) is 0 Å². The fourth-order valence-corrected chi connectivity index (χ4v) is 3.06. The first-order valence-corrected chi connectivity index (χ1v) is 8.77. The highest BCUT2D eigenvalue weighted by molar-refractivity contribution is 6.07. The molecule has 0 aliphatic rings. The van der Waals surface area contributed by atoms with Gasteiger partial charge >= 0.3 is 17.6 Å². The molecule has 0 aliphatic heterocycles. The molecule has 7 nitrogen and oxygen atoms in total. The molecule has 0 spiro atoms. The van der Waals surface area contributed by atoms with Gasteiger partial charge in [-0.25, -0.2) is 14.4 Å². The van der Waals surface area contributed by atoms with Gasteiger partial charge in [-0.1, -0.05) is 18.2 Å². The van der Waals surface area contributed by atoms with E-state index in [9.17, 15) is 14.4 Å². The third-order valence-electron chi connectivity index (χ3n) is 4.44. The van der Waals surface area contributed by atoms with Gasteiger partial charge in [0, 0.05) is 16.8 Å². The Hall–Kier alpha value is -4.13. The molecule has 1 aromatic heterocycles. The summed E-state index contributed by atoms with van der Waals surface area (Å²) in [6.07, 6.45) is 0. The number of benzene rings is 3. The van der Waals surface area contributed by atoms with E-state index in [2.05, 4.69) is 15.4 Å². The van der Waals surface area contributed by atoms with Crippen LogP contribution < -0.4 is 16.3 Å². The molecule has 0 radical (unpaired) electrons. The summed E-state index contributed by atoms with van der Waals surface area (Å²) in [5.74, 6) is -0.448. The van der Waals surface area contributed by atoms with Crippen LogP contribution in [0.4, 0.5) is 16.2 Å². The summed E-state index contributed by atoms with van der Waals surface area (Å²) in [6, 6.07) is 18.1. The highest BCUT2D eigenvalue weighted by Crippen LogP contribution is 2.25. The van der Waals surface area contributed by atoms with Crippen LogP contribution in [-0.4, -0.2) is 19.1 Å². The molecule has 144 valence electrons. The van der Waals surface area contributed by atoms with Crippen LogP contribution in [0.1, 0.15) is 10.4 Å². The molecule has 2 amide bonds. The topological polar surface area (TPSA) is 97.6 Å². The second-order valence-electron chi connectivity index (χ2n) is 6.29. The van der Waals surface area contributed by atoms with E-state index in [-0.39, 0.29) is 0 Å². The first kappa shape index (κ1) is 18.2. The zero-order chi connectivity index (χ0) is 20.4. The van der Waals surface area contributed by atoms with Crippen LogP contribution in [0, 0.1) is 0 Å². The van der Waals surface area contributed by atoms with E-state index in [1.165, 1.54) is 7.11 Å². The standard InChI is InChI=1S/C22H16N2O5/c1-28-20(25)13-6-8-14(9-7-13)23-22(27)24-15-10-11-19-18(12-15)16-4-2-3-5-17(16)21(26)29-19/h2-12H,1H3,(H2,23,24,27). The number of carbonyl (C=O) groups is 2. The Kier molecular flexibility index (Phi) is 4.70. The molecule has 4 rings (SSSR count). The van der Waals surface area contributed by atoms with Gasteiger partial charge in [-0.3, -0.25) is 0 Å². The maximum Gasteiger partial charge on any atom is 0.344 e. The Morgan fingerprint density at radius 1 is 0.828 bits per heavy atom. The number of carbonyl (C=O) groups excluding carboxylic acids is 2. The highest BCUT2D eigenvalue weighted by atomic mass is 16.5. The monoisotopic (exact) mass is 388 g/mol. The second kappa shape index (κ2) is 7.47. The quantitative estimate of drug-likeness (QED) is 0.308. The second-order valence-corrected chi connectivity index (χ2v) is 6.29. The summed E-state index contributed by atoms with van der Waals surface area (Å²) in [4.78, 5) is 35.9. The molecular weight excluding hydrogens is 372 g/mol. The number of esters is 1. The first-order valence-electron chi connectivity index (χ1n) is 8.77. The molecule has 0 saturated carbocycles. The van der Waals surface area contributed by atoms with Crippen LogP contribution in [0.25, 0.3) is 21.7 Å². The Balaban J connectivity index is 1.57. The van der Waals surface area contributed by atoms with Crippen molar-refractivity contribution in [2.45, 2.75) is 0 Å². The molecule has 0 saturated heterocycles. The number of amides is 2. The molecule has 0 bridgehead atoms. The molecule has 0 aliphatic carbocycles. The number of nitrogens with one attached hydrogen (secondary N) is 2. The number of anilines is 2. The minimum Gasteiger partial charge on any atom is -0.465 e. The molecule has 0 fully saturated rings. The van der Waals surface area contributed by atoms with Gasteiger partial charge in [-0.15, -0.1) is 0 Å². The maximum absolute atomic E-state index is 12.3. The fourth-order valence-electron chi connectivity index (χ4n) is 3.06. The minimum atomic E-state index is -0.448. The Morgan fingerprint density at radius 3 is 2.21 bits per heavy atom. The highest BCUT2D eigenvalue weighted by Gasteiger charge is 2.10. The van der Waals surface area contributed by atoms with Gasteiger partial charge in [0.1, 0.15) is 5.58 Å². The number of urea groups is 1. The van der Waals surface area contributed by atoms with Crippen LogP contribution in [-0.2, 0) is 4.74 Å². The summed E-state index contributed by atoms with van der Waals surface area (Å²) in [5.41, 5.74) is 1.49. The van der Waals surface area contributed by atoms with E-state index in [0.29, 0.717) is 27.9 Å². The molecule has 2 N–H and O–H groups in total. The van der Waals surface area contributed by atoms with Crippen LogP contribution in [0.3, 0.4) is 0 Å². The summed E-state index contributed by atoms with van der Waals surface area (Å²) in [7, 11) is 1.31. The maximum atomic E-state index is 12.3. The summed E-state index contributed by atoms with van der Waals surface area (Å²) in [5, 5.41) is 7.39. The number of fused-ring (bicyclic) bond motifs is 3. The normalized spacial score (nSPS) is 10.7. The number of rotatable bonds is 3. The first-order chi connectivity index (χ1) is 14.0. The van der Waals surface area contributed by atoms with Crippen LogP contribution in [0.5, 0.6) is 0 Å². The average Bonchev–Trinajstić information content (AvgIpc) is 2.74. The smallest absolute Gasteiger partial charge is 0.344 e. The van der Waals surface area contributed by atoms with Gasteiger partial charge in [-0.05, 0) is 53.9 Å². The Bertz CT molecular complexity index is 1290. The Morgan fingerprint density at radius 2 is 1.48 bits per heavy atom. The fraction of sp³-hybridized carbons (Fsp3) is 0.0455. The predicted octanol–water partition coefficient (Wildman–Crippen LogP) is 4.38. The molecule has 0 atom stereocenters. The molecule has 7 heteroatoms. The van der Waals surface area contributed by atoms with Crippen molar-refractivity contribution in [2.24, 2.45) is 0 Å². The van der Waals surface area contributed by atoms with Crippen molar-refractivity contribution in [3.63, 3.8) is 0 Å². The van der Waals surface area contributed by atoms with Gasteiger partial charge in [-0.2, -0.15) is 0 Å². The molecule has 29 heavy (non-hydrogen) atoms. The summed E-state index contributed by atoms with van der Waals surface area (Å²) in [6.45, 7) is 0. The van der Waals surface area contributed by atoms with E-state index < -0.39 is 17.6 Å². The molecule has 1 heterocycles. The van der Waals surface area contributed by atoms with Gasteiger partial charge in [0.15, 0.2) is 0 Å². The van der Waals surface area contributed by atoms with Crippen molar-refractivity contribution < 1.29 is 18.7 Å². The predicted molar refractivity (Wildman–Crippen MR) is 110 cm³/mol. The van der Waals surface area contributed by atoms with E-state index in [0.717, 1.165) is 10.8 Å². The van der Waals surface area contributed by atoms with Crippen molar-refractivity contribution >= 4 is 45.1 Å². The lowest BCUT2D eigenvalue weighted by atomic mass is 10.1. The third kappa shape index (κ3) is 3.66. The molecule has 3 aromatic carbocycles. The lowest BCUT2D eigenvalue weighted by Crippen LogP contribution is -2.19. The van der Waals surface area contributed by atoms with Crippen molar-refractivity contribution in [1.29, 1.82) is 0 Å². The van der Waals surface area contributed by atoms with Gasteiger partial charge in [0.25, 0.3) is 0 Å².